The molecule has 3 aliphatic heterocycles. The number of ether oxygens (including phenoxy) is 1. The fraction of sp³-hybridized carbons (Fsp3) is 0.542. The number of hydrogen-bond acceptors (Lipinski definition) is 9. The Kier molecular flexibility index (Phi) is 7.99. The van der Waals surface area contributed by atoms with Crippen molar-refractivity contribution in [2.75, 3.05) is 49.7 Å². The first kappa shape index (κ1) is 28.1. The summed E-state index contributed by atoms with van der Waals surface area (Å²) >= 11 is 0. The first-order chi connectivity index (χ1) is 18.4. The number of Topliss-reactive ketones (excluding diaryl/α,β-unsaturated/α-hetero) is 1. The molecule has 4 rings (SSSR count). The molecule has 1 aromatic rings. The lowest BCUT2D eigenvalue weighted by Gasteiger charge is -2.46. The third-order valence-corrected chi connectivity index (χ3v) is 6.68. The van der Waals surface area contributed by atoms with E-state index >= 15 is 0 Å². The molecule has 3 aliphatic rings. The predicted octanol–water partition coefficient (Wildman–Crippen LogP) is 0.651. The second-order valence-corrected chi connectivity index (χ2v) is 9.52. The van der Waals surface area contributed by atoms with Crippen molar-refractivity contribution in [1.82, 2.24) is 15.3 Å². The molecule has 1 saturated heterocycles. The molecule has 0 aromatic carbocycles. The van der Waals surface area contributed by atoms with Gasteiger partial charge in [-0.2, -0.15) is 18.3 Å². The Morgan fingerprint density at radius 3 is 2.72 bits per heavy atom. The monoisotopic (exact) mass is 551 g/mol. The molecule has 0 aliphatic carbocycles. The number of aromatic nitrogens is 1. The number of hydrazone groups is 1. The molecule has 0 radical (unpaired) electrons. The van der Waals surface area contributed by atoms with E-state index in [-0.39, 0.29) is 68.2 Å². The van der Waals surface area contributed by atoms with Gasteiger partial charge in [0, 0.05) is 26.3 Å². The van der Waals surface area contributed by atoms with Crippen LogP contribution in [0.4, 0.5) is 24.7 Å². The van der Waals surface area contributed by atoms with Crippen molar-refractivity contribution in [2.24, 2.45) is 16.0 Å². The Balaban J connectivity index is 1.31. The highest BCUT2D eigenvalue weighted by molar-refractivity contribution is 6.43. The highest BCUT2D eigenvalue weighted by atomic mass is 19.4. The maximum Gasteiger partial charge on any atom is 0.417 e. The minimum Gasteiger partial charge on any atom is -0.379 e. The number of fused-ring (bicyclic) bond motifs is 3. The Labute approximate surface area is 221 Å². The Hall–Kier alpha value is -3.88. The van der Waals surface area contributed by atoms with E-state index in [1.165, 1.54) is 25.1 Å². The molecule has 1 N–H and O–H groups in total. The first-order valence-electron chi connectivity index (χ1n) is 12.3. The van der Waals surface area contributed by atoms with Crippen LogP contribution in [0.2, 0.25) is 0 Å². The Morgan fingerprint density at radius 2 is 2.03 bits per heavy atom. The average Bonchev–Trinajstić information content (AvgIpc) is 2.88. The molecule has 12 nitrogen and oxygen atoms in total. The minimum absolute atomic E-state index is 0.0454. The number of pyridine rings is 1. The number of rotatable bonds is 7. The number of amides is 3. The molecule has 3 atom stereocenters. The molecule has 1 fully saturated rings. The van der Waals surface area contributed by atoms with Crippen molar-refractivity contribution in [3.05, 3.63) is 17.8 Å². The highest BCUT2D eigenvalue weighted by Gasteiger charge is 2.43. The van der Waals surface area contributed by atoms with Crippen LogP contribution in [0.25, 0.3) is 0 Å². The number of hydrogen-bond donors (Lipinski definition) is 1. The van der Waals surface area contributed by atoms with Gasteiger partial charge in [-0.05, 0) is 19.9 Å². The third-order valence-electron chi connectivity index (χ3n) is 6.68. The standard InChI is InChI=1S/C24H28F3N7O5/c1-13(30-16-10-29-31-22(37)20(16)14(2)35)12-39-7-4-19(36)33-5-6-34-18(11-33)23(38)32(3)17-8-15(24(25,26)27)9-28-21(17)34/h8-10,13,18,20H,4-7,11-12H2,1-3H3,(H,31,37)/t13-,18+,20?/m0/s1. The van der Waals surface area contributed by atoms with Crippen LogP contribution < -0.4 is 15.2 Å². The molecule has 3 amide bonds. The van der Waals surface area contributed by atoms with Gasteiger partial charge in [-0.1, -0.05) is 0 Å². The summed E-state index contributed by atoms with van der Waals surface area (Å²) in [6.07, 6.45) is -2.47. The van der Waals surface area contributed by atoms with Gasteiger partial charge in [0.05, 0.1) is 55.4 Å². The van der Waals surface area contributed by atoms with Gasteiger partial charge in [0.2, 0.25) is 5.91 Å². The van der Waals surface area contributed by atoms with Crippen molar-refractivity contribution in [3.8, 4) is 0 Å². The summed E-state index contributed by atoms with van der Waals surface area (Å²) in [6, 6.07) is -0.254. The van der Waals surface area contributed by atoms with E-state index < -0.39 is 41.6 Å². The lowest BCUT2D eigenvalue weighted by atomic mass is 9.97. The maximum atomic E-state index is 13.1. The normalized spacial score (nSPS) is 22.9. The van der Waals surface area contributed by atoms with Crippen molar-refractivity contribution in [3.63, 3.8) is 0 Å². The fourth-order valence-corrected chi connectivity index (χ4v) is 4.69. The van der Waals surface area contributed by atoms with E-state index in [0.717, 1.165) is 17.2 Å². The Bertz CT molecular complexity index is 1230. The van der Waals surface area contributed by atoms with E-state index in [9.17, 15) is 32.3 Å². The van der Waals surface area contributed by atoms with Gasteiger partial charge in [-0.15, -0.1) is 0 Å². The van der Waals surface area contributed by atoms with Crippen LogP contribution in [0.15, 0.2) is 22.4 Å². The molecule has 15 heteroatoms. The second-order valence-electron chi connectivity index (χ2n) is 9.52. The zero-order valence-corrected chi connectivity index (χ0v) is 21.6. The van der Waals surface area contributed by atoms with Crippen LogP contribution in [-0.2, 0) is 30.1 Å². The SMILES string of the molecule is CC(=O)C1C(=O)NN=CC1=N[C@@H](C)COCCC(=O)N1CCN2c3ncc(C(F)(F)F)cc3N(C)C(=O)[C@H]2C1. The molecular formula is C24H28F3N7O5. The molecule has 0 spiro atoms. The number of ketones is 1. The quantitative estimate of drug-likeness (QED) is 0.388. The Morgan fingerprint density at radius 1 is 1.28 bits per heavy atom. The topological polar surface area (TPSA) is 137 Å². The molecule has 39 heavy (non-hydrogen) atoms. The van der Waals surface area contributed by atoms with Crippen LogP contribution in [0.3, 0.4) is 0 Å². The van der Waals surface area contributed by atoms with Gasteiger partial charge in [-0.3, -0.25) is 24.2 Å². The fourth-order valence-electron chi connectivity index (χ4n) is 4.69. The molecule has 210 valence electrons. The number of carbonyl (C=O) groups is 4. The number of anilines is 2. The van der Waals surface area contributed by atoms with Gasteiger partial charge in [0.25, 0.3) is 11.8 Å². The van der Waals surface area contributed by atoms with Crippen LogP contribution >= 0.6 is 0 Å². The first-order valence-corrected chi connectivity index (χ1v) is 12.3. The van der Waals surface area contributed by atoms with E-state index in [0.29, 0.717) is 0 Å². The summed E-state index contributed by atoms with van der Waals surface area (Å²) in [5.74, 6) is -2.31. The predicted molar refractivity (Wildman–Crippen MR) is 134 cm³/mol. The van der Waals surface area contributed by atoms with Gasteiger partial charge in [0.15, 0.2) is 5.82 Å². The molecule has 0 saturated carbocycles. The summed E-state index contributed by atoms with van der Waals surface area (Å²) in [5, 5.41) is 3.68. The van der Waals surface area contributed by atoms with Gasteiger partial charge in [0.1, 0.15) is 17.7 Å². The molecule has 1 aromatic heterocycles. The van der Waals surface area contributed by atoms with Crippen LogP contribution in [-0.4, -0.2) is 97.3 Å². The summed E-state index contributed by atoms with van der Waals surface area (Å²) in [7, 11) is 1.39. The van der Waals surface area contributed by atoms with Crippen LogP contribution in [0.5, 0.6) is 0 Å². The largest absolute Gasteiger partial charge is 0.417 e. The molecule has 1 unspecified atom stereocenters. The lowest BCUT2D eigenvalue weighted by Crippen LogP contribution is -2.63. The highest BCUT2D eigenvalue weighted by Crippen LogP contribution is 2.39. The maximum absolute atomic E-state index is 13.1. The van der Waals surface area contributed by atoms with Crippen LogP contribution in [0, 0.1) is 5.92 Å². The van der Waals surface area contributed by atoms with Crippen LogP contribution in [0.1, 0.15) is 25.8 Å². The average molecular weight is 552 g/mol. The zero-order chi connectivity index (χ0) is 28.5. The van der Waals surface area contributed by atoms with Crippen molar-refractivity contribution in [1.29, 1.82) is 0 Å². The van der Waals surface area contributed by atoms with Crippen molar-refractivity contribution >= 4 is 46.9 Å². The number of nitrogens with zero attached hydrogens (tertiary/aromatic N) is 6. The van der Waals surface area contributed by atoms with E-state index in [1.807, 2.05) is 0 Å². The lowest BCUT2D eigenvalue weighted by molar-refractivity contribution is -0.138. The second kappa shape index (κ2) is 11.1. The van der Waals surface area contributed by atoms with E-state index in [4.69, 9.17) is 4.74 Å². The zero-order valence-electron chi connectivity index (χ0n) is 21.6. The summed E-state index contributed by atoms with van der Waals surface area (Å²) < 4.78 is 45.0. The minimum atomic E-state index is -4.59. The van der Waals surface area contributed by atoms with Gasteiger partial charge < -0.3 is 19.4 Å². The van der Waals surface area contributed by atoms with Crippen molar-refractivity contribution in [2.45, 2.75) is 38.5 Å². The summed E-state index contributed by atoms with van der Waals surface area (Å²) in [5.41, 5.74) is 1.61. The smallest absolute Gasteiger partial charge is 0.379 e. The number of carbonyl (C=O) groups excluding carboxylic acids is 4. The number of piperazine rings is 1. The molecule has 4 heterocycles. The van der Waals surface area contributed by atoms with E-state index in [2.05, 4.69) is 20.5 Å². The molecular weight excluding hydrogens is 523 g/mol. The number of nitrogens with one attached hydrogen (secondary N) is 1. The van der Waals surface area contributed by atoms with E-state index in [1.54, 1.807) is 11.8 Å². The summed E-state index contributed by atoms with van der Waals surface area (Å²) in [4.78, 5) is 62.1. The number of alkyl halides is 3. The number of likely N-dealkylation sites (N-methyl/N-ethyl adjacent to an activating group) is 1. The summed E-state index contributed by atoms with van der Waals surface area (Å²) in [6.45, 7) is 3.84. The van der Waals surface area contributed by atoms with Crippen molar-refractivity contribution < 1.29 is 37.1 Å². The third kappa shape index (κ3) is 5.92. The number of aliphatic imine (C=N–C) groups is 1. The van der Waals surface area contributed by atoms with Gasteiger partial charge >= 0.3 is 6.18 Å². The number of halogens is 3. The van der Waals surface area contributed by atoms with Gasteiger partial charge in [-0.25, -0.2) is 10.4 Å². The molecule has 0 bridgehead atoms.